The Labute approximate surface area is 145 Å². The van der Waals surface area contributed by atoms with Gasteiger partial charge in [-0.3, -0.25) is 0 Å². The highest BCUT2D eigenvalue weighted by Crippen LogP contribution is 2.28. The number of aryl methyl sites for hydroxylation is 2. The monoisotopic (exact) mass is 350 g/mol. The highest BCUT2D eigenvalue weighted by atomic mass is 35.5. The van der Waals surface area contributed by atoms with E-state index >= 15 is 0 Å². The third-order valence-corrected chi connectivity index (χ3v) is 4.03. The summed E-state index contributed by atoms with van der Waals surface area (Å²) in [5.74, 6) is 0.526. The third-order valence-electron chi connectivity index (χ3n) is 3.43. The second-order valence-electron chi connectivity index (χ2n) is 5.24. The Bertz CT molecular complexity index is 719. The topological polar surface area (TPSA) is 65.0 Å². The standard InChI is InChI=1S/C18H19ClO5/c1-11-8-14(9-12(2)17(11)19)23-6-7-24-16-10-13(18(20)21)4-5-15(16)22-3/h4-5,8-10H,6-7H2,1-3H3,(H,20,21). The zero-order valence-electron chi connectivity index (χ0n) is 13.8. The van der Waals surface area contributed by atoms with E-state index in [0.29, 0.717) is 23.9 Å². The second-order valence-corrected chi connectivity index (χ2v) is 5.62. The van der Waals surface area contributed by atoms with Gasteiger partial charge in [0.25, 0.3) is 0 Å². The minimum Gasteiger partial charge on any atom is -0.493 e. The summed E-state index contributed by atoms with van der Waals surface area (Å²) in [4.78, 5) is 11.0. The third kappa shape index (κ3) is 4.32. The summed E-state index contributed by atoms with van der Waals surface area (Å²) in [5, 5.41) is 9.77. The molecule has 128 valence electrons. The van der Waals surface area contributed by atoms with E-state index in [4.69, 9.17) is 30.9 Å². The van der Waals surface area contributed by atoms with Gasteiger partial charge >= 0.3 is 5.97 Å². The Morgan fingerprint density at radius 2 is 1.67 bits per heavy atom. The highest BCUT2D eigenvalue weighted by molar-refractivity contribution is 6.32. The lowest BCUT2D eigenvalue weighted by Gasteiger charge is -2.13. The molecular formula is C18H19ClO5. The molecule has 0 aliphatic rings. The SMILES string of the molecule is COc1ccc(C(=O)O)cc1OCCOc1cc(C)c(Cl)c(C)c1. The van der Waals surface area contributed by atoms with Gasteiger partial charge < -0.3 is 19.3 Å². The van der Waals surface area contributed by atoms with E-state index in [1.54, 1.807) is 6.07 Å². The summed E-state index contributed by atoms with van der Waals surface area (Å²) in [6.45, 7) is 4.39. The Hall–Kier alpha value is -2.40. The van der Waals surface area contributed by atoms with Gasteiger partial charge in [0, 0.05) is 5.02 Å². The summed E-state index contributed by atoms with van der Waals surface area (Å²) in [6.07, 6.45) is 0. The Morgan fingerprint density at radius 3 is 2.25 bits per heavy atom. The maximum absolute atomic E-state index is 11.0. The van der Waals surface area contributed by atoms with E-state index in [1.165, 1.54) is 19.2 Å². The van der Waals surface area contributed by atoms with Crippen LogP contribution in [0, 0.1) is 13.8 Å². The first-order valence-electron chi connectivity index (χ1n) is 7.36. The van der Waals surface area contributed by atoms with Crippen LogP contribution < -0.4 is 14.2 Å². The predicted octanol–water partition coefficient (Wildman–Crippen LogP) is 4.12. The van der Waals surface area contributed by atoms with E-state index in [9.17, 15) is 4.79 Å². The van der Waals surface area contributed by atoms with Crippen LogP contribution in [-0.2, 0) is 0 Å². The van der Waals surface area contributed by atoms with Gasteiger partial charge in [0.1, 0.15) is 19.0 Å². The van der Waals surface area contributed by atoms with Gasteiger partial charge in [-0.1, -0.05) is 11.6 Å². The Kier molecular flexibility index (Phi) is 5.93. The molecule has 0 fully saturated rings. The van der Waals surface area contributed by atoms with Gasteiger partial charge in [0.2, 0.25) is 0 Å². The van der Waals surface area contributed by atoms with Crippen LogP contribution in [0.2, 0.25) is 5.02 Å². The number of rotatable bonds is 7. The fourth-order valence-electron chi connectivity index (χ4n) is 2.22. The van der Waals surface area contributed by atoms with E-state index in [-0.39, 0.29) is 12.2 Å². The number of halogens is 1. The number of aromatic carboxylic acids is 1. The van der Waals surface area contributed by atoms with E-state index in [0.717, 1.165) is 16.1 Å². The number of hydrogen-bond acceptors (Lipinski definition) is 4. The molecular weight excluding hydrogens is 332 g/mol. The molecule has 0 aliphatic carbocycles. The van der Waals surface area contributed by atoms with Crippen molar-refractivity contribution in [1.82, 2.24) is 0 Å². The lowest BCUT2D eigenvalue weighted by atomic mass is 10.1. The van der Waals surface area contributed by atoms with Crippen LogP contribution >= 0.6 is 11.6 Å². The molecule has 0 unspecified atom stereocenters. The summed E-state index contributed by atoms with van der Waals surface area (Å²) in [5.41, 5.74) is 2.03. The summed E-state index contributed by atoms with van der Waals surface area (Å²) in [7, 11) is 1.50. The van der Waals surface area contributed by atoms with E-state index in [1.807, 2.05) is 26.0 Å². The number of carboxylic acids is 1. The van der Waals surface area contributed by atoms with Gasteiger partial charge in [-0.05, 0) is 55.3 Å². The van der Waals surface area contributed by atoms with Crippen molar-refractivity contribution in [2.75, 3.05) is 20.3 Å². The quantitative estimate of drug-likeness (QED) is 0.761. The summed E-state index contributed by atoms with van der Waals surface area (Å²) >= 11 is 6.12. The summed E-state index contributed by atoms with van der Waals surface area (Å²) in [6, 6.07) is 8.18. The first kappa shape index (κ1) is 17.9. The lowest BCUT2D eigenvalue weighted by molar-refractivity contribution is 0.0696. The van der Waals surface area contributed by atoms with Crippen molar-refractivity contribution >= 4 is 17.6 Å². The van der Waals surface area contributed by atoms with Gasteiger partial charge in [0.05, 0.1) is 12.7 Å². The predicted molar refractivity (Wildman–Crippen MR) is 91.9 cm³/mol. The first-order valence-corrected chi connectivity index (χ1v) is 7.74. The van der Waals surface area contributed by atoms with Crippen molar-refractivity contribution in [1.29, 1.82) is 0 Å². The fraction of sp³-hybridized carbons (Fsp3) is 0.278. The molecule has 0 saturated carbocycles. The van der Waals surface area contributed by atoms with E-state index < -0.39 is 5.97 Å². The largest absolute Gasteiger partial charge is 0.493 e. The molecule has 6 heteroatoms. The van der Waals surface area contributed by atoms with Crippen LogP contribution in [-0.4, -0.2) is 31.4 Å². The van der Waals surface area contributed by atoms with E-state index in [2.05, 4.69) is 0 Å². The fourth-order valence-corrected chi connectivity index (χ4v) is 2.33. The van der Waals surface area contributed by atoms with Crippen LogP contribution in [0.4, 0.5) is 0 Å². The maximum atomic E-state index is 11.0. The van der Waals surface area contributed by atoms with Crippen molar-refractivity contribution < 1.29 is 24.1 Å². The lowest BCUT2D eigenvalue weighted by Crippen LogP contribution is -2.10. The molecule has 24 heavy (non-hydrogen) atoms. The highest BCUT2D eigenvalue weighted by Gasteiger charge is 2.10. The first-order chi connectivity index (χ1) is 11.4. The van der Waals surface area contributed by atoms with Gasteiger partial charge in [-0.15, -0.1) is 0 Å². The molecule has 0 bridgehead atoms. The van der Waals surface area contributed by atoms with Gasteiger partial charge in [0.15, 0.2) is 11.5 Å². The average Bonchev–Trinajstić information content (AvgIpc) is 2.56. The van der Waals surface area contributed by atoms with Crippen molar-refractivity contribution in [2.45, 2.75) is 13.8 Å². The molecule has 5 nitrogen and oxygen atoms in total. The Morgan fingerprint density at radius 1 is 1.04 bits per heavy atom. The van der Waals surface area contributed by atoms with Crippen LogP contribution in [0.1, 0.15) is 21.5 Å². The van der Waals surface area contributed by atoms with Crippen LogP contribution in [0.25, 0.3) is 0 Å². The molecule has 0 spiro atoms. The van der Waals surface area contributed by atoms with Crippen molar-refractivity contribution in [2.24, 2.45) is 0 Å². The van der Waals surface area contributed by atoms with Crippen LogP contribution in [0.5, 0.6) is 17.2 Å². The van der Waals surface area contributed by atoms with Crippen molar-refractivity contribution in [3.05, 3.63) is 52.0 Å². The zero-order chi connectivity index (χ0) is 17.7. The molecule has 2 aromatic rings. The van der Waals surface area contributed by atoms with Crippen molar-refractivity contribution in [3.8, 4) is 17.2 Å². The summed E-state index contributed by atoms with van der Waals surface area (Å²) < 4.78 is 16.4. The smallest absolute Gasteiger partial charge is 0.335 e. The molecule has 0 aromatic heterocycles. The maximum Gasteiger partial charge on any atom is 0.335 e. The normalized spacial score (nSPS) is 10.3. The Balaban J connectivity index is 1.97. The van der Waals surface area contributed by atoms with Gasteiger partial charge in [-0.25, -0.2) is 4.79 Å². The second kappa shape index (κ2) is 7.93. The molecule has 0 atom stereocenters. The number of carboxylic acid groups (broad SMARTS) is 1. The zero-order valence-corrected chi connectivity index (χ0v) is 14.5. The number of benzene rings is 2. The van der Waals surface area contributed by atoms with Crippen molar-refractivity contribution in [3.63, 3.8) is 0 Å². The number of hydrogen-bond donors (Lipinski definition) is 1. The van der Waals surface area contributed by atoms with Crippen LogP contribution in [0.15, 0.2) is 30.3 Å². The van der Waals surface area contributed by atoms with Gasteiger partial charge in [-0.2, -0.15) is 0 Å². The molecule has 2 rings (SSSR count). The molecule has 0 heterocycles. The number of methoxy groups -OCH3 is 1. The molecule has 1 N–H and O–H groups in total. The molecule has 2 aromatic carbocycles. The molecule has 0 amide bonds. The molecule has 0 aliphatic heterocycles. The number of ether oxygens (including phenoxy) is 3. The minimum atomic E-state index is -1.02. The van der Waals surface area contributed by atoms with Crippen LogP contribution in [0.3, 0.4) is 0 Å². The molecule has 0 saturated heterocycles. The molecule has 0 radical (unpaired) electrons. The minimum absolute atomic E-state index is 0.135. The number of carbonyl (C=O) groups is 1. The average molecular weight is 351 g/mol.